The molecule has 0 spiro atoms. The maximum absolute atomic E-state index is 10.1. The highest BCUT2D eigenvalue weighted by molar-refractivity contribution is 9.10. The Hall–Kier alpha value is -1.52. The van der Waals surface area contributed by atoms with Gasteiger partial charge >= 0.3 is 0 Å². The minimum absolute atomic E-state index is 0.0185. The van der Waals surface area contributed by atoms with Crippen LogP contribution in [-0.4, -0.2) is 29.7 Å². The maximum atomic E-state index is 10.1. The number of hydrogen-bond donors (Lipinski definition) is 1. The lowest BCUT2D eigenvalue weighted by molar-refractivity contribution is 0.134. The second-order valence-electron chi connectivity index (χ2n) is 8.01. The predicted octanol–water partition coefficient (Wildman–Crippen LogP) is 5.84. The van der Waals surface area contributed by atoms with Crippen LogP contribution in [0, 0.1) is 5.41 Å². The highest BCUT2D eigenvalue weighted by Gasteiger charge is 2.33. The Morgan fingerprint density at radius 3 is 2.65 bits per heavy atom. The van der Waals surface area contributed by atoms with Crippen molar-refractivity contribution in [1.82, 2.24) is 4.90 Å². The van der Waals surface area contributed by atoms with Gasteiger partial charge in [0.05, 0.1) is 7.11 Å². The van der Waals surface area contributed by atoms with Crippen molar-refractivity contribution >= 4 is 15.9 Å². The predicted molar refractivity (Wildman–Crippen MR) is 111 cm³/mol. The number of phenolic OH excluding ortho intramolecular Hbond substituents is 1. The summed E-state index contributed by atoms with van der Waals surface area (Å²) in [6.07, 6.45) is 0.918. The summed E-state index contributed by atoms with van der Waals surface area (Å²) in [6, 6.07) is 12.1. The number of aromatic hydroxyl groups is 1. The van der Waals surface area contributed by atoms with Gasteiger partial charge in [-0.1, -0.05) is 54.9 Å². The van der Waals surface area contributed by atoms with E-state index in [2.05, 4.69) is 59.8 Å². The standard InChI is InChI=1S/C22H28BrNO2/c1-22(2,3)21-6-5-11-24(21)14-15-7-9-17(18(23)12-15)16-8-10-20(26-4)19(25)13-16/h7-10,12-13,21,25H,5-6,11,14H2,1-4H3/i6D. The third kappa shape index (κ3) is 4.07. The summed E-state index contributed by atoms with van der Waals surface area (Å²) >= 11 is 3.69. The fourth-order valence-corrected chi connectivity index (χ4v) is 4.40. The zero-order valence-corrected chi connectivity index (χ0v) is 17.5. The molecule has 4 heteroatoms. The van der Waals surface area contributed by atoms with Crippen LogP contribution in [0.15, 0.2) is 40.9 Å². The summed E-state index contributed by atoms with van der Waals surface area (Å²) in [4.78, 5) is 2.44. The first-order chi connectivity index (χ1) is 12.7. The second kappa shape index (κ2) is 7.61. The van der Waals surface area contributed by atoms with Gasteiger partial charge in [-0.05, 0) is 59.7 Å². The summed E-state index contributed by atoms with van der Waals surface area (Å²) in [6.45, 7) is 8.51. The molecule has 1 N–H and O–H groups in total. The number of likely N-dealkylation sites (tertiary alicyclic amines) is 1. The second-order valence-corrected chi connectivity index (χ2v) is 8.86. The number of benzene rings is 2. The van der Waals surface area contributed by atoms with Gasteiger partial charge < -0.3 is 9.84 Å². The van der Waals surface area contributed by atoms with Crippen molar-refractivity contribution in [3.8, 4) is 22.6 Å². The average molecular weight is 419 g/mol. The van der Waals surface area contributed by atoms with Gasteiger partial charge in [-0.15, -0.1) is 0 Å². The van der Waals surface area contributed by atoms with Crippen molar-refractivity contribution in [3.05, 3.63) is 46.4 Å². The SMILES string of the molecule is [2H]C1CCN(Cc2ccc(-c3ccc(OC)c(O)c3)c(Br)c2)C1C(C)(C)C. The molecule has 2 atom stereocenters. The van der Waals surface area contributed by atoms with E-state index in [1.54, 1.807) is 19.2 Å². The van der Waals surface area contributed by atoms with Crippen LogP contribution in [0.5, 0.6) is 11.5 Å². The minimum atomic E-state index is -0.0185. The molecule has 0 aromatic heterocycles. The summed E-state index contributed by atoms with van der Waals surface area (Å²) in [7, 11) is 1.55. The van der Waals surface area contributed by atoms with Crippen LogP contribution in [-0.2, 0) is 6.54 Å². The third-order valence-corrected chi connectivity index (χ3v) is 5.65. The summed E-state index contributed by atoms with van der Waals surface area (Å²) in [5.41, 5.74) is 3.29. The van der Waals surface area contributed by atoms with Gasteiger partial charge in [0.1, 0.15) is 0 Å². The highest BCUT2D eigenvalue weighted by Crippen LogP contribution is 2.37. The van der Waals surface area contributed by atoms with Crippen molar-refractivity contribution in [2.24, 2.45) is 5.41 Å². The lowest BCUT2D eigenvalue weighted by Crippen LogP contribution is -2.38. The van der Waals surface area contributed by atoms with E-state index in [0.29, 0.717) is 5.75 Å². The van der Waals surface area contributed by atoms with E-state index >= 15 is 0 Å². The van der Waals surface area contributed by atoms with Crippen molar-refractivity contribution in [1.29, 1.82) is 0 Å². The molecule has 0 bridgehead atoms. The van der Waals surface area contributed by atoms with Gasteiger partial charge in [0, 0.05) is 18.4 Å². The van der Waals surface area contributed by atoms with Gasteiger partial charge in [0.2, 0.25) is 0 Å². The monoisotopic (exact) mass is 418 g/mol. The minimum Gasteiger partial charge on any atom is -0.504 e. The quantitative estimate of drug-likeness (QED) is 0.676. The molecule has 1 fully saturated rings. The molecule has 26 heavy (non-hydrogen) atoms. The van der Waals surface area contributed by atoms with E-state index in [-0.39, 0.29) is 23.6 Å². The van der Waals surface area contributed by atoms with E-state index in [1.165, 1.54) is 5.56 Å². The molecule has 0 radical (unpaired) electrons. The first kappa shape index (κ1) is 17.9. The van der Waals surface area contributed by atoms with E-state index in [0.717, 1.165) is 35.1 Å². The van der Waals surface area contributed by atoms with Crippen molar-refractivity contribution < 1.29 is 11.2 Å². The van der Waals surface area contributed by atoms with E-state index < -0.39 is 0 Å². The molecule has 1 aliphatic rings. The van der Waals surface area contributed by atoms with Crippen LogP contribution >= 0.6 is 15.9 Å². The molecule has 0 aliphatic carbocycles. The van der Waals surface area contributed by atoms with Gasteiger partial charge in [-0.2, -0.15) is 0 Å². The van der Waals surface area contributed by atoms with Crippen molar-refractivity contribution in [2.45, 2.75) is 46.2 Å². The summed E-state index contributed by atoms with van der Waals surface area (Å²) in [5, 5.41) is 10.1. The van der Waals surface area contributed by atoms with Crippen LogP contribution in [0.2, 0.25) is 0 Å². The van der Waals surface area contributed by atoms with E-state index in [1.807, 2.05) is 6.07 Å². The Morgan fingerprint density at radius 2 is 2.04 bits per heavy atom. The van der Waals surface area contributed by atoms with Crippen LogP contribution in [0.25, 0.3) is 11.1 Å². The number of nitrogens with zero attached hydrogens (tertiary/aromatic N) is 1. The molecule has 2 aromatic rings. The number of methoxy groups -OCH3 is 1. The van der Waals surface area contributed by atoms with Crippen LogP contribution < -0.4 is 4.74 Å². The molecule has 0 saturated carbocycles. The number of hydrogen-bond acceptors (Lipinski definition) is 3. The first-order valence-corrected chi connectivity index (χ1v) is 9.82. The molecule has 3 nitrogen and oxygen atoms in total. The molecule has 2 aromatic carbocycles. The fourth-order valence-electron chi connectivity index (χ4n) is 3.75. The number of rotatable bonds is 4. The zero-order chi connectivity index (χ0) is 19.8. The summed E-state index contributed by atoms with van der Waals surface area (Å²) in [5.74, 6) is 0.608. The molecule has 1 saturated heterocycles. The highest BCUT2D eigenvalue weighted by atomic mass is 79.9. The molecule has 0 amide bonds. The average Bonchev–Trinajstić information content (AvgIpc) is 2.95. The Balaban J connectivity index is 1.82. The van der Waals surface area contributed by atoms with Crippen LogP contribution in [0.3, 0.4) is 0 Å². The molecule has 3 rings (SSSR count). The maximum Gasteiger partial charge on any atom is 0.160 e. The summed E-state index contributed by atoms with van der Waals surface area (Å²) < 4.78 is 14.5. The first-order valence-electron chi connectivity index (χ1n) is 9.60. The molecular formula is C22H28BrNO2. The largest absolute Gasteiger partial charge is 0.504 e. The van der Waals surface area contributed by atoms with E-state index in [9.17, 15) is 5.11 Å². The number of ether oxygens (including phenoxy) is 1. The lowest BCUT2D eigenvalue weighted by atomic mass is 9.85. The zero-order valence-electron chi connectivity index (χ0n) is 16.9. The fraction of sp³-hybridized carbons (Fsp3) is 0.455. The van der Waals surface area contributed by atoms with E-state index in [4.69, 9.17) is 6.11 Å². The molecule has 2 unspecified atom stereocenters. The lowest BCUT2D eigenvalue weighted by Gasteiger charge is -2.35. The number of phenols is 1. The number of halogens is 1. The van der Waals surface area contributed by atoms with Gasteiger partial charge in [-0.25, -0.2) is 0 Å². The van der Waals surface area contributed by atoms with Crippen molar-refractivity contribution in [3.63, 3.8) is 0 Å². The molecule has 1 heterocycles. The normalized spacial score (nSPS) is 21.7. The Morgan fingerprint density at radius 1 is 1.27 bits per heavy atom. The Bertz CT molecular complexity index is 818. The molecule has 140 valence electrons. The van der Waals surface area contributed by atoms with Gasteiger partial charge in [0.15, 0.2) is 11.5 Å². The molecular weight excluding hydrogens is 390 g/mol. The Kier molecular flexibility index (Phi) is 5.23. The molecule has 1 aliphatic heterocycles. The smallest absolute Gasteiger partial charge is 0.160 e. The van der Waals surface area contributed by atoms with Gasteiger partial charge in [0.25, 0.3) is 0 Å². The Labute approximate surface area is 166 Å². The van der Waals surface area contributed by atoms with Crippen LogP contribution in [0.1, 0.15) is 40.5 Å². The topological polar surface area (TPSA) is 32.7 Å². The van der Waals surface area contributed by atoms with Crippen molar-refractivity contribution in [2.75, 3.05) is 13.7 Å². The third-order valence-electron chi connectivity index (χ3n) is 5.00. The van der Waals surface area contributed by atoms with Crippen LogP contribution in [0.4, 0.5) is 0 Å². The van der Waals surface area contributed by atoms with Gasteiger partial charge in [-0.3, -0.25) is 4.90 Å².